The molecule has 0 bridgehead atoms. The number of rotatable bonds is 6. The lowest BCUT2D eigenvalue weighted by Gasteiger charge is -2.33. The van der Waals surface area contributed by atoms with Gasteiger partial charge in [-0.3, -0.25) is 9.69 Å². The van der Waals surface area contributed by atoms with Crippen molar-refractivity contribution in [1.29, 1.82) is 0 Å². The first-order valence-corrected chi connectivity index (χ1v) is 7.35. The molecule has 1 N–H and O–H groups in total. The molecule has 0 aliphatic carbocycles. The number of hydrogen-bond acceptors (Lipinski definition) is 3. The van der Waals surface area contributed by atoms with Crippen LogP contribution in [0.15, 0.2) is 24.3 Å². The Bertz CT molecular complexity index is 452. The predicted molar refractivity (Wildman–Crippen MR) is 78.1 cm³/mol. The maximum atomic E-state index is 10.5. The molecule has 1 aliphatic heterocycles. The Morgan fingerprint density at radius 3 is 2.95 bits per heavy atom. The van der Waals surface area contributed by atoms with Gasteiger partial charge in [-0.15, -0.1) is 0 Å². The van der Waals surface area contributed by atoms with Crippen molar-refractivity contribution < 1.29 is 14.6 Å². The second-order valence-corrected chi connectivity index (χ2v) is 5.44. The second kappa shape index (κ2) is 7.62. The van der Waals surface area contributed by atoms with E-state index in [1.807, 2.05) is 24.3 Å². The summed E-state index contributed by atoms with van der Waals surface area (Å²) in [5.74, 6) is -0.721. The maximum Gasteiger partial charge on any atom is 0.303 e. The molecular formula is C15H20ClNO3. The van der Waals surface area contributed by atoms with Gasteiger partial charge < -0.3 is 9.84 Å². The van der Waals surface area contributed by atoms with Crippen molar-refractivity contribution in [2.75, 3.05) is 26.2 Å². The summed E-state index contributed by atoms with van der Waals surface area (Å²) in [7, 11) is 0. The van der Waals surface area contributed by atoms with Crippen molar-refractivity contribution in [3.05, 3.63) is 34.9 Å². The van der Waals surface area contributed by atoms with Gasteiger partial charge in [-0.05, 0) is 25.5 Å². The molecule has 20 heavy (non-hydrogen) atoms. The molecule has 0 radical (unpaired) electrons. The number of unbranched alkanes of at least 4 members (excludes halogenated alkanes) is 1. The van der Waals surface area contributed by atoms with E-state index in [-0.39, 0.29) is 12.5 Å². The van der Waals surface area contributed by atoms with Crippen LogP contribution in [0.2, 0.25) is 5.02 Å². The Morgan fingerprint density at radius 1 is 1.40 bits per heavy atom. The molecule has 0 aromatic heterocycles. The van der Waals surface area contributed by atoms with Crippen LogP contribution in [0.5, 0.6) is 0 Å². The van der Waals surface area contributed by atoms with Crippen LogP contribution in [0.25, 0.3) is 0 Å². The third-order valence-corrected chi connectivity index (χ3v) is 3.86. The van der Waals surface area contributed by atoms with E-state index in [1.165, 1.54) is 0 Å². The van der Waals surface area contributed by atoms with Crippen LogP contribution in [-0.4, -0.2) is 42.2 Å². The van der Waals surface area contributed by atoms with E-state index >= 15 is 0 Å². The minimum Gasteiger partial charge on any atom is -0.481 e. The van der Waals surface area contributed by atoms with Crippen LogP contribution < -0.4 is 0 Å². The van der Waals surface area contributed by atoms with Crippen molar-refractivity contribution in [3.8, 4) is 0 Å². The fourth-order valence-electron chi connectivity index (χ4n) is 2.44. The van der Waals surface area contributed by atoms with Crippen LogP contribution in [0, 0.1) is 0 Å². The van der Waals surface area contributed by atoms with Crippen LogP contribution in [0.4, 0.5) is 0 Å². The topological polar surface area (TPSA) is 49.8 Å². The summed E-state index contributed by atoms with van der Waals surface area (Å²) in [6, 6.07) is 7.77. The molecule has 1 aromatic rings. The van der Waals surface area contributed by atoms with Gasteiger partial charge in [0.25, 0.3) is 0 Å². The molecule has 110 valence electrons. The van der Waals surface area contributed by atoms with E-state index in [1.54, 1.807) is 0 Å². The van der Waals surface area contributed by atoms with Crippen molar-refractivity contribution in [2.45, 2.75) is 25.4 Å². The lowest BCUT2D eigenvalue weighted by atomic mass is 10.1. The smallest absolute Gasteiger partial charge is 0.303 e. The molecule has 5 heteroatoms. The first-order chi connectivity index (χ1) is 9.66. The van der Waals surface area contributed by atoms with Crippen molar-refractivity contribution in [1.82, 2.24) is 4.90 Å². The zero-order chi connectivity index (χ0) is 14.4. The van der Waals surface area contributed by atoms with E-state index in [9.17, 15) is 4.79 Å². The average Bonchev–Trinajstić information content (AvgIpc) is 2.44. The number of aliphatic carboxylic acids is 1. The normalized spacial score (nSPS) is 19.9. The molecule has 1 aromatic carbocycles. The van der Waals surface area contributed by atoms with E-state index < -0.39 is 5.97 Å². The molecule has 1 atom stereocenters. The Hall–Kier alpha value is -1.10. The van der Waals surface area contributed by atoms with Crippen LogP contribution >= 0.6 is 11.6 Å². The molecule has 2 rings (SSSR count). The summed E-state index contributed by atoms with van der Waals surface area (Å²) in [5.41, 5.74) is 1.03. The van der Waals surface area contributed by atoms with E-state index in [4.69, 9.17) is 21.4 Å². The van der Waals surface area contributed by atoms with E-state index in [2.05, 4.69) is 4.90 Å². The number of hydrogen-bond donors (Lipinski definition) is 1. The fraction of sp³-hybridized carbons (Fsp3) is 0.533. The summed E-state index contributed by atoms with van der Waals surface area (Å²) in [6.07, 6.45) is 1.89. The zero-order valence-corrected chi connectivity index (χ0v) is 12.2. The highest BCUT2D eigenvalue weighted by Crippen LogP contribution is 2.28. The quantitative estimate of drug-likeness (QED) is 0.820. The molecule has 1 aliphatic rings. The van der Waals surface area contributed by atoms with Gasteiger partial charge in [0, 0.05) is 30.1 Å². The number of morpholine rings is 1. The molecule has 1 unspecified atom stereocenters. The highest BCUT2D eigenvalue weighted by molar-refractivity contribution is 6.31. The largest absolute Gasteiger partial charge is 0.481 e. The Kier molecular flexibility index (Phi) is 5.83. The Labute approximate surface area is 124 Å². The van der Waals surface area contributed by atoms with Crippen molar-refractivity contribution in [3.63, 3.8) is 0 Å². The minimum absolute atomic E-state index is 0.0110. The molecule has 0 amide bonds. The van der Waals surface area contributed by atoms with Crippen LogP contribution in [0.3, 0.4) is 0 Å². The maximum absolute atomic E-state index is 10.5. The molecule has 0 spiro atoms. The number of benzene rings is 1. The van der Waals surface area contributed by atoms with Gasteiger partial charge in [-0.1, -0.05) is 29.8 Å². The lowest BCUT2D eigenvalue weighted by Crippen LogP contribution is -2.38. The third-order valence-electron chi connectivity index (χ3n) is 3.52. The van der Waals surface area contributed by atoms with Crippen molar-refractivity contribution >= 4 is 17.6 Å². The summed E-state index contributed by atoms with van der Waals surface area (Å²) < 4.78 is 5.80. The highest BCUT2D eigenvalue weighted by Gasteiger charge is 2.23. The highest BCUT2D eigenvalue weighted by atomic mass is 35.5. The number of carbonyl (C=O) groups is 1. The monoisotopic (exact) mass is 297 g/mol. The second-order valence-electron chi connectivity index (χ2n) is 5.03. The van der Waals surface area contributed by atoms with Crippen molar-refractivity contribution in [2.24, 2.45) is 0 Å². The minimum atomic E-state index is -0.721. The number of carboxylic acid groups (broad SMARTS) is 1. The van der Waals surface area contributed by atoms with Gasteiger partial charge in [0.1, 0.15) is 0 Å². The SMILES string of the molecule is O=C(O)CCCCN1CCOC(c2ccccc2Cl)C1. The van der Waals surface area contributed by atoms with Gasteiger partial charge in [0.15, 0.2) is 0 Å². The van der Waals surface area contributed by atoms with E-state index in [0.29, 0.717) is 6.61 Å². The molecule has 1 fully saturated rings. The Morgan fingerprint density at radius 2 is 2.20 bits per heavy atom. The van der Waals surface area contributed by atoms with Crippen LogP contribution in [0.1, 0.15) is 30.9 Å². The molecule has 1 heterocycles. The van der Waals surface area contributed by atoms with Gasteiger partial charge in [-0.2, -0.15) is 0 Å². The summed E-state index contributed by atoms with van der Waals surface area (Å²) in [4.78, 5) is 12.8. The molecule has 4 nitrogen and oxygen atoms in total. The van der Waals surface area contributed by atoms with Crippen LogP contribution in [-0.2, 0) is 9.53 Å². The van der Waals surface area contributed by atoms with Gasteiger partial charge >= 0.3 is 5.97 Å². The number of carboxylic acids is 1. The lowest BCUT2D eigenvalue weighted by molar-refractivity contribution is -0.137. The standard InChI is InChI=1S/C15H20ClNO3/c16-13-6-2-1-5-12(13)14-11-17(9-10-20-14)8-4-3-7-15(18)19/h1-2,5-6,14H,3-4,7-11H2,(H,18,19). The number of halogens is 1. The number of nitrogens with zero attached hydrogens (tertiary/aromatic N) is 1. The average molecular weight is 298 g/mol. The van der Waals surface area contributed by atoms with Gasteiger partial charge in [0.05, 0.1) is 12.7 Å². The fourth-order valence-corrected chi connectivity index (χ4v) is 2.70. The zero-order valence-electron chi connectivity index (χ0n) is 11.4. The molecular weight excluding hydrogens is 278 g/mol. The molecule has 1 saturated heterocycles. The third kappa shape index (κ3) is 4.47. The number of ether oxygens (including phenoxy) is 1. The predicted octanol–water partition coefficient (Wildman–Crippen LogP) is 2.97. The van der Waals surface area contributed by atoms with Gasteiger partial charge in [0.2, 0.25) is 0 Å². The van der Waals surface area contributed by atoms with Gasteiger partial charge in [-0.25, -0.2) is 0 Å². The molecule has 0 saturated carbocycles. The summed E-state index contributed by atoms with van der Waals surface area (Å²) in [6.45, 7) is 3.32. The van der Waals surface area contributed by atoms with E-state index in [0.717, 1.165) is 43.1 Å². The first kappa shape index (κ1) is 15.3. The Balaban J connectivity index is 1.83. The summed E-state index contributed by atoms with van der Waals surface area (Å²) >= 11 is 6.20. The first-order valence-electron chi connectivity index (χ1n) is 6.97. The summed E-state index contributed by atoms with van der Waals surface area (Å²) in [5, 5.41) is 9.36.